The van der Waals surface area contributed by atoms with Crippen molar-refractivity contribution in [2.75, 3.05) is 13.7 Å². The first-order chi connectivity index (χ1) is 18.3. The minimum Gasteiger partial charge on any atom is -0.497 e. The summed E-state index contributed by atoms with van der Waals surface area (Å²) in [6.07, 6.45) is 0. The molecule has 12 heteroatoms. The number of benzene rings is 3. The topological polar surface area (TPSA) is 116 Å². The van der Waals surface area contributed by atoms with E-state index in [2.05, 4.69) is 16.3 Å². The molecule has 0 radical (unpaired) electrons. The van der Waals surface area contributed by atoms with Crippen LogP contribution in [0.1, 0.15) is 27.8 Å². The molecule has 0 aliphatic rings. The van der Waals surface area contributed by atoms with Gasteiger partial charge in [0.25, 0.3) is 0 Å². The van der Waals surface area contributed by atoms with Gasteiger partial charge in [-0.05, 0) is 55.0 Å². The fourth-order valence-corrected chi connectivity index (χ4v) is 5.50. The van der Waals surface area contributed by atoms with Gasteiger partial charge in [-0.3, -0.25) is 14.7 Å². The number of nitrogens with zero attached hydrogens (tertiary/aromatic N) is 5. The average Bonchev–Trinajstić information content (AvgIpc) is 3.27. The molecule has 0 amide bonds. The van der Waals surface area contributed by atoms with Crippen LogP contribution < -0.4 is 9.47 Å². The molecular weight excluding hydrogens is 549 g/mol. The molecule has 0 saturated heterocycles. The summed E-state index contributed by atoms with van der Waals surface area (Å²) in [6.45, 7) is 1.48. The molecule has 194 valence electrons. The summed E-state index contributed by atoms with van der Waals surface area (Å²) in [5.41, 5.74) is 2.48. The average molecular weight is 570 g/mol. The monoisotopic (exact) mass is 569 g/mol. The minimum absolute atomic E-state index is 0.0832. The Bertz CT molecular complexity index is 1480. The third-order valence-corrected chi connectivity index (χ3v) is 7.33. The smallest absolute Gasteiger partial charge is 0.220 e. The van der Waals surface area contributed by atoms with Gasteiger partial charge in [-0.25, -0.2) is 0 Å². The van der Waals surface area contributed by atoms with Gasteiger partial charge in [-0.15, -0.1) is 10.2 Å². The van der Waals surface area contributed by atoms with E-state index in [4.69, 9.17) is 32.7 Å². The van der Waals surface area contributed by atoms with Gasteiger partial charge < -0.3 is 9.47 Å². The number of thioether (sulfide) groups is 1. The van der Waals surface area contributed by atoms with Crippen LogP contribution in [0.2, 0.25) is 10.0 Å². The van der Waals surface area contributed by atoms with Gasteiger partial charge in [0.2, 0.25) is 6.54 Å². The van der Waals surface area contributed by atoms with E-state index in [1.54, 1.807) is 50.4 Å². The van der Waals surface area contributed by atoms with Crippen molar-refractivity contribution in [3.8, 4) is 23.3 Å². The van der Waals surface area contributed by atoms with Crippen molar-refractivity contribution >= 4 is 35.0 Å². The summed E-state index contributed by atoms with van der Waals surface area (Å²) in [4.78, 5) is 11.2. The molecule has 1 heterocycles. The van der Waals surface area contributed by atoms with E-state index < -0.39 is 16.7 Å². The second-order valence-electron chi connectivity index (χ2n) is 8.06. The third-order valence-electron chi connectivity index (χ3n) is 5.59. The Hall–Kier alpha value is -3.78. The highest BCUT2D eigenvalue weighted by atomic mass is 35.5. The van der Waals surface area contributed by atoms with Crippen molar-refractivity contribution in [3.63, 3.8) is 0 Å². The summed E-state index contributed by atoms with van der Waals surface area (Å²) in [5, 5.41) is 29.5. The number of methoxy groups -OCH3 is 1. The number of nitriles is 1. The van der Waals surface area contributed by atoms with Crippen LogP contribution in [0.15, 0.2) is 65.8 Å². The minimum atomic E-state index is -0.672. The van der Waals surface area contributed by atoms with Crippen molar-refractivity contribution in [2.24, 2.45) is 0 Å². The van der Waals surface area contributed by atoms with E-state index >= 15 is 0 Å². The van der Waals surface area contributed by atoms with Crippen LogP contribution in [0.25, 0.3) is 5.69 Å². The number of aromatic nitrogens is 3. The van der Waals surface area contributed by atoms with Crippen LogP contribution in [-0.2, 0) is 6.61 Å². The van der Waals surface area contributed by atoms with Gasteiger partial charge in [-0.2, -0.15) is 5.26 Å². The second kappa shape index (κ2) is 12.2. The summed E-state index contributed by atoms with van der Waals surface area (Å²) in [7, 11) is 1.58. The molecule has 0 N–H and O–H groups in total. The molecular formula is C26H21Cl2N5O4S. The second-order valence-corrected chi connectivity index (χ2v) is 10.0. The molecule has 38 heavy (non-hydrogen) atoms. The standard InChI is InChI=1S/C26H21Cl2N5O4S/c1-16-30-31-26(33(16)20-7-9-21(36-2)10-8-20)38-24(14-32(34)35)19-11-22(27)25(23(28)12-19)37-15-18-6-4-3-5-17(18)13-29/h3-12,24H,14-15H2,1-2H3/t24-/m0/s1. The number of ether oxygens (including phenoxy) is 2. The molecule has 0 spiro atoms. The Kier molecular flexibility index (Phi) is 8.73. The Balaban J connectivity index is 1.62. The van der Waals surface area contributed by atoms with Gasteiger partial charge in [0.05, 0.1) is 28.8 Å². The van der Waals surface area contributed by atoms with Crippen LogP contribution in [0.3, 0.4) is 0 Å². The summed E-state index contributed by atoms with van der Waals surface area (Å²) >= 11 is 14.2. The zero-order chi connectivity index (χ0) is 27.2. The van der Waals surface area contributed by atoms with Gasteiger partial charge in [0.15, 0.2) is 10.9 Å². The Morgan fingerprint density at radius 2 is 1.82 bits per heavy atom. The predicted octanol–water partition coefficient (Wildman–Crippen LogP) is 6.45. The van der Waals surface area contributed by atoms with E-state index in [1.807, 2.05) is 28.8 Å². The SMILES string of the molecule is COc1ccc(-n2c(C)nnc2S[C@@H](C[N+](=O)[O-])c2cc(Cl)c(OCc3ccccc3C#N)c(Cl)c2)cc1. The highest BCUT2D eigenvalue weighted by Crippen LogP contribution is 2.42. The number of hydrogen-bond donors (Lipinski definition) is 0. The van der Waals surface area contributed by atoms with Gasteiger partial charge >= 0.3 is 0 Å². The van der Waals surface area contributed by atoms with E-state index in [0.717, 1.165) is 5.69 Å². The van der Waals surface area contributed by atoms with Gasteiger partial charge in [-0.1, -0.05) is 53.2 Å². The van der Waals surface area contributed by atoms with Crippen molar-refractivity contribution in [3.05, 3.63) is 103 Å². The summed E-state index contributed by atoms with van der Waals surface area (Å²) in [6, 6.07) is 19.7. The Morgan fingerprint density at radius 1 is 1.13 bits per heavy atom. The molecule has 0 aliphatic heterocycles. The highest BCUT2D eigenvalue weighted by Gasteiger charge is 2.26. The van der Waals surface area contributed by atoms with Crippen molar-refractivity contribution < 1.29 is 14.4 Å². The molecule has 3 aromatic carbocycles. The maximum Gasteiger partial charge on any atom is 0.220 e. The Labute approximate surface area is 233 Å². The zero-order valence-electron chi connectivity index (χ0n) is 20.3. The number of hydrogen-bond acceptors (Lipinski definition) is 8. The summed E-state index contributed by atoms with van der Waals surface area (Å²) < 4.78 is 12.9. The first-order valence-corrected chi connectivity index (χ1v) is 12.9. The number of halogens is 2. The first kappa shape index (κ1) is 27.3. The molecule has 0 bridgehead atoms. The maximum absolute atomic E-state index is 11.6. The van der Waals surface area contributed by atoms with Crippen molar-refractivity contribution in [1.29, 1.82) is 5.26 Å². The number of aryl methyl sites for hydroxylation is 1. The molecule has 9 nitrogen and oxygen atoms in total. The molecule has 1 aromatic heterocycles. The quantitative estimate of drug-likeness (QED) is 0.121. The summed E-state index contributed by atoms with van der Waals surface area (Å²) in [5.74, 6) is 1.55. The van der Waals surface area contributed by atoms with E-state index in [1.165, 1.54) is 11.8 Å². The normalized spacial score (nSPS) is 11.6. The maximum atomic E-state index is 11.6. The number of nitro groups is 1. The van der Waals surface area contributed by atoms with E-state index in [0.29, 0.717) is 33.4 Å². The molecule has 0 aliphatic carbocycles. The number of rotatable bonds is 10. The lowest BCUT2D eigenvalue weighted by atomic mass is 10.1. The fraction of sp³-hybridized carbons (Fsp3) is 0.192. The van der Waals surface area contributed by atoms with Crippen LogP contribution in [0.5, 0.6) is 11.5 Å². The van der Waals surface area contributed by atoms with Gasteiger partial charge in [0.1, 0.15) is 23.4 Å². The lowest BCUT2D eigenvalue weighted by molar-refractivity contribution is -0.479. The molecule has 0 fully saturated rings. The van der Waals surface area contributed by atoms with Crippen molar-refractivity contribution in [2.45, 2.75) is 23.9 Å². The molecule has 1 atom stereocenters. The largest absolute Gasteiger partial charge is 0.497 e. The molecule has 4 aromatic rings. The van der Waals surface area contributed by atoms with Gasteiger partial charge in [0, 0.05) is 16.2 Å². The van der Waals surface area contributed by atoms with Crippen LogP contribution >= 0.6 is 35.0 Å². The van der Waals surface area contributed by atoms with E-state index in [9.17, 15) is 15.4 Å². The zero-order valence-corrected chi connectivity index (χ0v) is 22.6. The molecule has 0 saturated carbocycles. The van der Waals surface area contributed by atoms with Crippen LogP contribution in [-0.4, -0.2) is 33.3 Å². The van der Waals surface area contributed by atoms with E-state index in [-0.39, 0.29) is 22.4 Å². The Morgan fingerprint density at radius 3 is 2.45 bits per heavy atom. The lowest BCUT2D eigenvalue weighted by Gasteiger charge is -2.17. The van der Waals surface area contributed by atoms with Crippen molar-refractivity contribution in [1.82, 2.24) is 14.8 Å². The van der Waals surface area contributed by atoms with Crippen LogP contribution in [0, 0.1) is 28.4 Å². The lowest BCUT2D eigenvalue weighted by Crippen LogP contribution is -2.11. The fourth-order valence-electron chi connectivity index (χ4n) is 3.73. The molecule has 4 rings (SSSR count). The van der Waals surface area contributed by atoms with Crippen LogP contribution in [0.4, 0.5) is 0 Å². The first-order valence-electron chi connectivity index (χ1n) is 11.2. The third kappa shape index (κ3) is 6.19. The predicted molar refractivity (Wildman–Crippen MR) is 145 cm³/mol. The highest BCUT2D eigenvalue weighted by molar-refractivity contribution is 7.99. The molecule has 0 unspecified atom stereocenters.